The Morgan fingerprint density at radius 2 is 2.03 bits per heavy atom. The Morgan fingerprint density at radius 1 is 1.26 bits per heavy atom. The third kappa shape index (κ3) is 3.81. The summed E-state index contributed by atoms with van der Waals surface area (Å²) in [5.41, 5.74) is 11.0. The summed E-state index contributed by atoms with van der Waals surface area (Å²) >= 11 is 0. The molecule has 0 aliphatic carbocycles. The highest BCUT2D eigenvalue weighted by molar-refractivity contribution is 6.12. The first-order valence-electron chi connectivity index (χ1n) is 10.7. The van der Waals surface area contributed by atoms with Gasteiger partial charge in [0, 0.05) is 51.6 Å². The zero-order valence-electron chi connectivity index (χ0n) is 20.0. The average molecular weight is 457 g/mol. The fraction of sp³-hybridized carbons (Fsp3) is 0.200. The number of aromatic nitrogens is 4. The molecule has 0 aliphatic heterocycles. The van der Waals surface area contributed by atoms with E-state index in [1.165, 1.54) is 6.20 Å². The van der Waals surface area contributed by atoms with Gasteiger partial charge in [0.25, 0.3) is 0 Å². The third-order valence-electron chi connectivity index (χ3n) is 5.79. The van der Waals surface area contributed by atoms with Crippen LogP contribution in [0, 0.1) is 6.92 Å². The second kappa shape index (κ2) is 8.86. The molecule has 9 heteroatoms. The van der Waals surface area contributed by atoms with E-state index in [0.717, 1.165) is 44.7 Å². The molecule has 3 heterocycles. The summed E-state index contributed by atoms with van der Waals surface area (Å²) in [6.45, 7) is 5.72. The number of nitrogens with two attached hydrogens (primary N) is 1. The highest BCUT2D eigenvalue weighted by atomic mass is 16.1. The molecule has 1 aromatic carbocycles. The van der Waals surface area contributed by atoms with Crippen LogP contribution in [0.3, 0.4) is 0 Å². The van der Waals surface area contributed by atoms with E-state index >= 15 is 0 Å². The van der Waals surface area contributed by atoms with Crippen molar-refractivity contribution in [2.24, 2.45) is 17.8 Å². The number of nitrogens with one attached hydrogen (secondary N) is 1. The second-order valence-corrected chi connectivity index (χ2v) is 8.15. The molecule has 9 nitrogen and oxygen atoms in total. The largest absolute Gasteiger partial charge is 0.404 e. The highest BCUT2D eigenvalue weighted by Crippen LogP contribution is 2.29. The zero-order valence-corrected chi connectivity index (χ0v) is 20.0. The molecular formula is C25H28N8O. The van der Waals surface area contributed by atoms with Crippen molar-refractivity contribution in [1.82, 2.24) is 24.4 Å². The van der Waals surface area contributed by atoms with Crippen LogP contribution in [0.25, 0.3) is 33.2 Å². The summed E-state index contributed by atoms with van der Waals surface area (Å²) < 4.78 is 3.31. The smallest absolute Gasteiger partial charge is 0.333 e. The van der Waals surface area contributed by atoms with Crippen molar-refractivity contribution in [3.05, 3.63) is 76.9 Å². The van der Waals surface area contributed by atoms with Crippen LogP contribution in [0.1, 0.15) is 11.3 Å². The molecule has 3 aromatic heterocycles. The summed E-state index contributed by atoms with van der Waals surface area (Å²) in [5.74, 6) is 1.34. The van der Waals surface area contributed by atoms with Gasteiger partial charge in [-0.25, -0.2) is 14.8 Å². The number of anilines is 1. The third-order valence-corrected chi connectivity index (χ3v) is 5.79. The number of pyridine rings is 2. The predicted octanol–water partition coefficient (Wildman–Crippen LogP) is 2.71. The lowest BCUT2D eigenvalue weighted by atomic mass is 10.0. The van der Waals surface area contributed by atoms with Crippen molar-refractivity contribution in [2.45, 2.75) is 6.92 Å². The molecule has 0 saturated heterocycles. The lowest BCUT2D eigenvalue weighted by Crippen LogP contribution is -2.22. The summed E-state index contributed by atoms with van der Waals surface area (Å²) in [6, 6.07) is 9.65. The molecule has 0 atom stereocenters. The topological polar surface area (TPSA) is 106 Å². The molecule has 0 saturated carbocycles. The van der Waals surface area contributed by atoms with Crippen LogP contribution in [0.5, 0.6) is 0 Å². The van der Waals surface area contributed by atoms with Crippen LogP contribution >= 0.6 is 0 Å². The van der Waals surface area contributed by atoms with Crippen molar-refractivity contribution in [1.29, 1.82) is 0 Å². The highest BCUT2D eigenvalue weighted by Gasteiger charge is 2.18. The minimum atomic E-state index is -0.168. The van der Waals surface area contributed by atoms with Crippen molar-refractivity contribution in [3.8, 4) is 5.69 Å². The summed E-state index contributed by atoms with van der Waals surface area (Å²) in [6.07, 6.45) is 4.87. The first-order valence-corrected chi connectivity index (χ1v) is 10.7. The maximum atomic E-state index is 13.4. The van der Waals surface area contributed by atoms with Crippen molar-refractivity contribution >= 4 is 39.5 Å². The van der Waals surface area contributed by atoms with E-state index in [4.69, 9.17) is 5.73 Å². The van der Waals surface area contributed by atoms with Gasteiger partial charge in [0.2, 0.25) is 0 Å². The minimum Gasteiger partial charge on any atom is -0.404 e. The van der Waals surface area contributed by atoms with E-state index in [-0.39, 0.29) is 5.69 Å². The van der Waals surface area contributed by atoms with Gasteiger partial charge in [-0.15, -0.1) is 0 Å². The van der Waals surface area contributed by atoms with E-state index in [0.29, 0.717) is 11.4 Å². The van der Waals surface area contributed by atoms with E-state index in [2.05, 4.69) is 26.9 Å². The standard InChI is InChI=1S/C25H28N8O/c1-15-21(9-10-23(30-15)31(4)5)33-24-19-11-17(18(12-26)13-28-16(2)27-3)7-8-20(19)29-14-22(24)32(6)25(33)34/h7-14,27H,2,26H2,1,3-6H3/b18-12+,28-13-. The van der Waals surface area contributed by atoms with Crippen molar-refractivity contribution in [2.75, 3.05) is 26.0 Å². The number of nitrogens with zero attached hydrogens (tertiary/aromatic N) is 6. The summed E-state index contributed by atoms with van der Waals surface area (Å²) in [4.78, 5) is 28.9. The molecule has 0 bridgehead atoms. The molecule has 0 unspecified atom stereocenters. The van der Waals surface area contributed by atoms with E-state index in [9.17, 15) is 4.79 Å². The number of aliphatic imine (C=N–C) groups is 1. The summed E-state index contributed by atoms with van der Waals surface area (Å²) in [7, 11) is 7.37. The zero-order chi connectivity index (χ0) is 24.6. The van der Waals surface area contributed by atoms with E-state index in [1.807, 2.05) is 56.3 Å². The van der Waals surface area contributed by atoms with E-state index in [1.54, 1.807) is 35.6 Å². The van der Waals surface area contributed by atoms with Gasteiger partial charge >= 0.3 is 5.69 Å². The van der Waals surface area contributed by atoms with Crippen LogP contribution in [0.15, 0.2) is 64.9 Å². The van der Waals surface area contributed by atoms with Gasteiger partial charge in [-0.2, -0.15) is 0 Å². The lowest BCUT2D eigenvalue weighted by Gasteiger charge is -2.14. The summed E-state index contributed by atoms with van der Waals surface area (Å²) in [5, 5.41) is 3.70. The molecule has 34 heavy (non-hydrogen) atoms. The molecule has 4 rings (SSSR count). The Bertz CT molecular complexity index is 1540. The monoisotopic (exact) mass is 456 g/mol. The molecule has 0 amide bonds. The number of benzene rings is 1. The minimum absolute atomic E-state index is 0.168. The first kappa shape index (κ1) is 22.8. The van der Waals surface area contributed by atoms with E-state index < -0.39 is 0 Å². The molecule has 174 valence electrons. The van der Waals surface area contributed by atoms with Crippen molar-refractivity contribution < 1.29 is 0 Å². The molecule has 3 N–H and O–H groups in total. The molecular weight excluding hydrogens is 428 g/mol. The Kier molecular flexibility index (Phi) is 5.93. The van der Waals surface area contributed by atoms with Crippen LogP contribution in [0.4, 0.5) is 5.82 Å². The van der Waals surface area contributed by atoms with Crippen LogP contribution < -0.4 is 21.6 Å². The first-order chi connectivity index (χ1) is 16.3. The number of imidazole rings is 1. The number of fused-ring (bicyclic) bond motifs is 3. The Labute approximate surface area is 197 Å². The van der Waals surface area contributed by atoms with Gasteiger partial charge < -0.3 is 16.0 Å². The van der Waals surface area contributed by atoms with Gasteiger partial charge in [-0.1, -0.05) is 12.6 Å². The Morgan fingerprint density at radius 3 is 2.68 bits per heavy atom. The normalized spacial score (nSPS) is 12.1. The maximum absolute atomic E-state index is 13.4. The lowest BCUT2D eigenvalue weighted by molar-refractivity contribution is 0.839. The molecule has 4 aromatic rings. The fourth-order valence-electron chi connectivity index (χ4n) is 3.85. The van der Waals surface area contributed by atoms with Crippen molar-refractivity contribution in [3.63, 3.8) is 0 Å². The predicted molar refractivity (Wildman–Crippen MR) is 140 cm³/mol. The number of rotatable bonds is 6. The molecule has 0 spiro atoms. The molecule has 0 fully saturated rings. The van der Waals surface area contributed by atoms with Gasteiger partial charge in [-0.3, -0.25) is 14.1 Å². The van der Waals surface area contributed by atoms with Gasteiger partial charge in [-0.05, 0) is 36.8 Å². The van der Waals surface area contributed by atoms with Crippen LogP contribution in [0.2, 0.25) is 0 Å². The average Bonchev–Trinajstić information content (AvgIpc) is 3.09. The quantitative estimate of drug-likeness (QED) is 0.432. The molecule has 0 radical (unpaired) electrons. The Hall–Kier alpha value is -4.40. The number of hydrogen-bond acceptors (Lipinski definition) is 7. The number of hydrogen-bond donors (Lipinski definition) is 2. The Balaban J connectivity index is 2.01. The van der Waals surface area contributed by atoms with Crippen LogP contribution in [-0.2, 0) is 7.05 Å². The number of aryl methyl sites for hydroxylation is 2. The molecule has 0 aliphatic rings. The second-order valence-electron chi connectivity index (χ2n) is 8.15. The maximum Gasteiger partial charge on any atom is 0.333 e. The van der Waals surface area contributed by atoms with Crippen LogP contribution in [-0.4, -0.2) is 46.5 Å². The van der Waals surface area contributed by atoms with Gasteiger partial charge in [0.05, 0.1) is 34.1 Å². The fourth-order valence-corrected chi connectivity index (χ4v) is 3.85. The van der Waals surface area contributed by atoms with Gasteiger partial charge in [0.1, 0.15) is 11.6 Å². The number of allylic oxidation sites excluding steroid dienone is 1. The SMILES string of the molecule is C=C(/N=C\C(=C/N)c1ccc2ncc3c(c2c1)n(-c1ccc(N(C)C)nc1C)c(=O)n3C)NC. The van der Waals surface area contributed by atoms with Gasteiger partial charge in [0.15, 0.2) is 0 Å².